The fraction of sp³-hybridized carbons (Fsp3) is 0.250. The number of rotatable bonds is 6. The van der Waals surface area contributed by atoms with Crippen molar-refractivity contribution in [2.24, 2.45) is 5.16 Å². The van der Waals surface area contributed by atoms with Gasteiger partial charge in [-0.3, -0.25) is 13.8 Å². The fourth-order valence-corrected chi connectivity index (χ4v) is 5.06. The van der Waals surface area contributed by atoms with Gasteiger partial charge in [0.05, 0.1) is 5.71 Å². The summed E-state index contributed by atoms with van der Waals surface area (Å²) >= 11 is 11.9. The third kappa shape index (κ3) is 5.16. The van der Waals surface area contributed by atoms with Crippen LogP contribution >= 0.6 is 23.2 Å². The Morgan fingerprint density at radius 3 is 2.39 bits per heavy atom. The van der Waals surface area contributed by atoms with Crippen LogP contribution in [0.1, 0.15) is 27.9 Å². The minimum atomic E-state index is -4.84. The Bertz CT molecular complexity index is 1470. The van der Waals surface area contributed by atoms with E-state index in [0.29, 0.717) is 16.3 Å². The average molecular weight is 558 g/mol. The topological polar surface area (TPSA) is 91.6 Å². The Kier molecular flexibility index (Phi) is 6.98. The van der Waals surface area contributed by atoms with Gasteiger partial charge >= 0.3 is 6.18 Å². The number of hydrogen-bond acceptors (Lipinski definition) is 5. The predicted molar refractivity (Wildman–Crippen MR) is 134 cm³/mol. The Hall–Kier alpha value is -2.82. The molecule has 3 aromatic rings. The molecule has 1 aliphatic rings. The highest BCUT2D eigenvalue weighted by atomic mass is 35.5. The summed E-state index contributed by atoms with van der Waals surface area (Å²) in [4.78, 5) is 17.9. The average Bonchev–Trinajstić information content (AvgIpc) is 3.23. The first-order valence-corrected chi connectivity index (χ1v) is 13.5. The molecule has 3 aromatic carbocycles. The first kappa shape index (κ1) is 26.2. The largest absolute Gasteiger partial charge is 0.435 e. The molecule has 0 aliphatic carbocycles. The van der Waals surface area contributed by atoms with E-state index in [-0.39, 0.29) is 39.2 Å². The van der Waals surface area contributed by atoms with Crippen molar-refractivity contribution in [3.63, 3.8) is 0 Å². The second kappa shape index (κ2) is 9.57. The van der Waals surface area contributed by atoms with E-state index in [1.807, 2.05) is 0 Å². The number of oxime groups is 1. The highest BCUT2D eigenvalue weighted by molar-refractivity contribution is 7.91. The molecule has 0 spiro atoms. The van der Waals surface area contributed by atoms with Crippen LogP contribution in [0.4, 0.5) is 13.2 Å². The van der Waals surface area contributed by atoms with E-state index in [1.165, 1.54) is 24.5 Å². The minimum absolute atomic E-state index is 0.00402. The summed E-state index contributed by atoms with van der Waals surface area (Å²) in [6, 6.07) is 13.4. The molecule has 0 fully saturated rings. The van der Waals surface area contributed by atoms with Crippen LogP contribution in [-0.4, -0.2) is 40.6 Å². The van der Waals surface area contributed by atoms with Gasteiger partial charge < -0.3 is 10.2 Å². The van der Waals surface area contributed by atoms with E-state index in [2.05, 4.69) is 10.5 Å². The van der Waals surface area contributed by atoms with E-state index in [1.54, 1.807) is 24.3 Å². The molecule has 6 nitrogen and oxygen atoms in total. The number of alkyl halides is 3. The van der Waals surface area contributed by atoms with Gasteiger partial charge in [-0.2, -0.15) is 13.2 Å². The molecule has 0 aromatic heterocycles. The van der Waals surface area contributed by atoms with Crippen molar-refractivity contribution in [1.29, 1.82) is 4.78 Å². The summed E-state index contributed by atoms with van der Waals surface area (Å²) in [6.07, 6.45) is -4.18. The van der Waals surface area contributed by atoms with Crippen molar-refractivity contribution in [1.82, 2.24) is 5.32 Å². The van der Waals surface area contributed by atoms with E-state index in [4.69, 9.17) is 32.8 Å². The summed E-state index contributed by atoms with van der Waals surface area (Å²) < 4.78 is 62.1. The Morgan fingerprint density at radius 1 is 1.14 bits per heavy atom. The molecule has 36 heavy (non-hydrogen) atoms. The van der Waals surface area contributed by atoms with Crippen LogP contribution in [0.2, 0.25) is 10.0 Å². The summed E-state index contributed by atoms with van der Waals surface area (Å²) in [7, 11) is -2.77. The van der Waals surface area contributed by atoms with Gasteiger partial charge in [0, 0.05) is 61.4 Å². The molecule has 0 bridgehead atoms. The maximum atomic E-state index is 14.4. The molecule has 2 N–H and O–H groups in total. The first-order chi connectivity index (χ1) is 16.8. The van der Waals surface area contributed by atoms with E-state index < -0.39 is 33.8 Å². The smallest absolute Gasteiger partial charge is 0.374 e. The van der Waals surface area contributed by atoms with E-state index >= 15 is 0 Å². The van der Waals surface area contributed by atoms with Crippen LogP contribution in [-0.2, 0) is 20.2 Å². The number of carbonyl (C=O) groups is 1. The Labute approximate surface area is 215 Å². The quantitative estimate of drug-likeness (QED) is 0.381. The van der Waals surface area contributed by atoms with Crippen LogP contribution in [0, 0.1) is 4.78 Å². The van der Waals surface area contributed by atoms with Gasteiger partial charge in [0.1, 0.15) is 0 Å². The molecule has 0 saturated heterocycles. The molecule has 190 valence electrons. The van der Waals surface area contributed by atoms with Crippen LogP contribution in [0.3, 0.4) is 0 Å². The van der Waals surface area contributed by atoms with E-state index in [9.17, 15) is 22.2 Å². The molecule has 0 saturated carbocycles. The molecule has 1 heterocycles. The SMILES string of the molecule is C[S@](=N)(=O)CCNC(=O)c1ccc(C2=NOC(c3cc(Cl)cc(Cl)c3)(C(F)(F)F)C2)c2ccccc12. The van der Waals surface area contributed by atoms with Crippen LogP contribution in [0.25, 0.3) is 10.8 Å². The highest BCUT2D eigenvalue weighted by Crippen LogP contribution is 2.50. The minimum Gasteiger partial charge on any atom is -0.374 e. The van der Waals surface area contributed by atoms with Gasteiger partial charge in [0.2, 0.25) is 0 Å². The van der Waals surface area contributed by atoms with Crippen LogP contribution < -0.4 is 5.32 Å². The van der Waals surface area contributed by atoms with Crippen LogP contribution in [0.5, 0.6) is 0 Å². The van der Waals surface area contributed by atoms with Gasteiger partial charge in [-0.1, -0.05) is 58.7 Å². The maximum Gasteiger partial charge on any atom is 0.435 e. The lowest BCUT2D eigenvalue weighted by molar-refractivity contribution is -0.275. The fourth-order valence-electron chi connectivity index (χ4n) is 4.04. The Balaban J connectivity index is 1.71. The molecule has 2 atom stereocenters. The zero-order chi connectivity index (χ0) is 26.3. The molecular formula is C24H20Cl2F3N3O3S. The second-order valence-corrected chi connectivity index (χ2v) is 11.8. The Morgan fingerprint density at radius 2 is 1.78 bits per heavy atom. The third-order valence-corrected chi connectivity index (χ3v) is 7.19. The summed E-state index contributed by atoms with van der Waals surface area (Å²) in [6.45, 7) is 0.0462. The monoisotopic (exact) mass is 557 g/mol. The molecule has 1 unspecified atom stereocenters. The number of halogens is 5. The highest BCUT2D eigenvalue weighted by Gasteiger charge is 2.62. The summed E-state index contributed by atoms with van der Waals surface area (Å²) in [5, 5.41) is 7.52. The number of carbonyl (C=O) groups excluding carboxylic acids is 1. The molecule has 1 amide bonds. The predicted octanol–water partition coefficient (Wildman–Crippen LogP) is 6.14. The number of nitrogens with zero attached hydrogens (tertiary/aromatic N) is 1. The number of nitrogens with one attached hydrogen (secondary N) is 2. The summed E-state index contributed by atoms with van der Waals surface area (Å²) in [5.41, 5.74) is -2.34. The first-order valence-electron chi connectivity index (χ1n) is 10.6. The van der Waals surface area contributed by atoms with Gasteiger partial charge in [-0.05, 0) is 35.0 Å². The van der Waals surface area contributed by atoms with Crippen molar-refractivity contribution in [2.45, 2.75) is 18.2 Å². The molecule has 4 rings (SSSR count). The van der Waals surface area contributed by atoms with Crippen LogP contribution in [0.15, 0.2) is 59.8 Å². The molecule has 12 heteroatoms. The van der Waals surface area contributed by atoms with Gasteiger partial charge in [-0.15, -0.1) is 0 Å². The van der Waals surface area contributed by atoms with Crippen molar-refractivity contribution in [2.75, 3.05) is 18.6 Å². The lowest BCUT2D eigenvalue weighted by Crippen LogP contribution is -2.42. The maximum absolute atomic E-state index is 14.4. The molecule has 0 radical (unpaired) electrons. The normalized spacial score (nSPS) is 19.4. The van der Waals surface area contributed by atoms with Crippen molar-refractivity contribution < 1.29 is 27.0 Å². The lowest BCUT2D eigenvalue weighted by Gasteiger charge is -2.29. The zero-order valence-corrected chi connectivity index (χ0v) is 21.1. The lowest BCUT2D eigenvalue weighted by atomic mass is 9.85. The van der Waals surface area contributed by atoms with Gasteiger partial charge in [-0.25, -0.2) is 0 Å². The van der Waals surface area contributed by atoms with Crippen molar-refractivity contribution in [3.05, 3.63) is 81.3 Å². The van der Waals surface area contributed by atoms with E-state index in [0.717, 1.165) is 12.1 Å². The molecule has 1 aliphatic heterocycles. The van der Waals surface area contributed by atoms with Gasteiger partial charge in [0.25, 0.3) is 11.5 Å². The third-order valence-electron chi connectivity index (χ3n) is 5.77. The van der Waals surface area contributed by atoms with Gasteiger partial charge in [0.15, 0.2) is 0 Å². The molecular weight excluding hydrogens is 538 g/mol. The summed E-state index contributed by atoms with van der Waals surface area (Å²) in [5.74, 6) is -0.458. The van der Waals surface area contributed by atoms with Crippen molar-refractivity contribution in [3.8, 4) is 0 Å². The van der Waals surface area contributed by atoms with Crippen molar-refractivity contribution >= 4 is 55.3 Å². The standard InChI is InChI=1S/C24H20Cl2F3N3O3S/c1-36(30,34)9-8-31-22(33)20-7-6-19(17-4-2-3-5-18(17)20)21-13-23(35-32-21,24(27,28)29)14-10-15(25)12-16(26)11-14/h2-7,10-12,30H,8-9,13H2,1H3,(H,31,33)/t23?,36-/m0/s1. The second-order valence-electron chi connectivity index (χ2n) is 8.46. The number of hydrogen-bond donors (Lipinski definition) is 2. The zero-order valence-electron chi connectivity index (χ0n) is 18.8. The number of fused-ring (bicyclic) bond motifs is 1. The number of amides is 1. The number of benzene rings is 3.